The number of anilines is 1. The number of nitro benzene ring substituents is 2. The normalized spacial score (nSPS) is 10.9. The predicted molar refractivity (Wildman–Crippen MR) is 67.8 cm³/mol. The van der Waals surface area contributed by atoms with E-state index in [4.69, 9.17) is 0 Å². The molecule has 1 aromatic rings. The summed E-state index contributed by atoms with van der Waals surface area (Å²) < 4.78 is 0. The first-order valence-corrected chi connectivity index (χ1v) is 5.37. The monoisotopic (exact) mass is 267 g/mol. The third kappa shape index (κ3) is 3.47. The van der Waals surface area contributed by atoms with Crippen molar-refractivity contribution in [3.63, 3.8) is 0 Å². The molecule has 0 aliphatic carbocycles. The van der Waals surface area contributed by atoms with Gasteiger partial charge in [0.15, 0.2) is 0 Å². The molecule has 0 fully saturated rings. The molecule has 0 unspecified atom stereocenters. The van der Waals surface area contributed by atoms with Crippen molar-refractivity contribution in [2.24, 2.45) is 5.41 Å². The zero-order valence-electron chi connectivity index (χ0n) is 10.7. The number of nitrogens with zero attached hydrogens (tertiary/aromatic N) is 2. The van der Waals surface area contributed by atoms with E-state index in [-0.39, 0.29) is 5.69 Å². The SMILES string of the molecule is CC(C)(C)C(=O)Nc1ccc([N+](=O)[O-])cc1[N+](=O)[O-]. The molecule has 1 aromatic carbocycles. The van der Waals surface area contributed by atoms with Crippen LogP contribution in [0, 0.1) is 25.6 Å². The van der Waals surface area contributed by atoms with Gasteiger partial charge in [-0.2, -0.15) is 0 Å². The average Bonchev–Trinajstić information content (AvgIpc) is 2.27. The minimum atomic E-state index is -0.773. The maximum Gasteiger partial charge on any atom is 0.299 e. The third-order valence-electron chi connectivity index (χ3n) is 2.32. The third-order valence-corrected chi connectivity index (χ3v) is 2.32. The van der Waals surface area contributed by atoms with Gasteiger partial charge in [-0.25, -0.2) is 0 Å². The Bertz CT molecular complexity index is 548. The Labute approximate surface area is 108 Å². The van der Waals surface area contributed by atoms with Crippen molar-refractivity contribution in [1.82, 2.24) is 0 Å². The van der Waals surface area contributed by atoms with Crippen LogP contribution in [0.1, 0.15) is 20.8 Å². The number of rotatable bonds is 3. The second-order valence-electron chi connectivity index (χ2n) is 4.92. The van der Waals surface area contributed by atoms with Gasteiger partial charge in [0.05, 0.1) is 15.9 Å². The van der Waals surface area contributed by atoms with Gasteiger partial charge in [-0.1, -0.05) is 20.8 Å². The predicted octanol–water partition coefficient (Wildman–Crippen LogP) is 2.49. The molecule has 0 radical (unpaired) electrons. The number of carbonyl (C=O) groups is 1. The zero-order chi connectivity index (χ0) is 14.8. The van der Waals surface area contributed by atoms with Gasteiger partial charge in [0.25, 0.3) is 11.4 Å². The fourth-order valence-corrected chi connectivity index (χ4v) is 1.20. The van der Waals surface area contributed by atoms with Gasteiger partial charge < -0.3 is 5.32 Å². The van der Waals surface area contributed by atoms with Crippen LogP contribution in [-0.2, 0) is 4.79 Å². The summed E-state index contributed by atoms with van der Waals surface area (Å²) in [5.41, 5.74) is -1.70. The highest BCUT2D eigenvalue weighted by Gasteiger charge is 2.26. The minimum absolute atomic E-state index is 0.0597. The van der Waals surface area contributed by atoms with Crippen molar-refractivity contribution in [3.8, 4) is 0 Å². The van der Waals surface area contributed by atoms with Crippen LogP contribution in [0.2, 0.25) is 0 Å². The van der Waals surface area contributed by atoms with Crippen molar-refractivity contribution < 1.29 is 14.6 Å². The summed E-state index contributed by atoms with van der Waals surface area (Å²) in [6.07, 6.45) is 0. The lowest BCUT2D eigenvalue weighted by molar-refractivity contribution is -0.393. The maximum atomic E-state index is 11.8. The Morgan fingerprint density at radius 3 is 2.16 bits per heavy atom. The molecular weight excluding hydrogens is 254 g/mol. The number of benzene rings is 1. The Hall–Kier alpha value is -2.51. The molecule has 102 valence electrons. The molecule has 8 heteroatoms. The Balaban J connectivity index is 3.18. The summed E-state index contributed by atoms with van der Waals surface area (Å²) >= 11 is 0. The van der Waals surface area contributed by atoms with E-state index < -0.39 is 32.5 Å². The molecule has 0 aliphatic heterocycles. The summed E-state index contributed by atoms with van der Waals surface area (Å²) in [6.45, 7) is 4.96. The molecule has 0 aliphatic rings. The summed E-state index contributed by atoms with van der Waals surface area (Å²) in [6, 6.07) is 3.07. The molecule has 1 N–H and O–H groups in total. The zero-order valence-corrected chi connectivity index (χ0v) is 10.7. The van der Waals surface area contributed by atoms with Gasteiger partial charge in [0.1, 0.15) is 5.69 Å². The molecule has 0 spiro atoms. The molecule has 8 nitrogen and oxygen atoms in total. The van der Waals surface area contributed by atoms with E-state index in [9.17, 15) is 25.0 Å². The first-order chi connectivity index (χ1) is 8.62. The number of carbonyl (C=O) groups excluding carboxylic acids is 1. The molecule has 0 aromatic heterocycles. The number of amides is 1. The van der Waals surface area contributed by atoms with E-state index in [1.807, 2.05) is 0 Å². The van der Waals surface area contributed by atoms with E-state index in [2.05, 4.69) is 5.32 Å². The number of hydrogen-bond acceptors (Lipinski definition) is 5. The van der Waals surface area contributed by atoms with Crippen molar-refractivity contribution in [1.29, 1.82) is 0 Å². The first-order valence-electron chi connectivity index (χ1n) is 5.37. The van der Waals surface area contributed by atoms with Gasteiger partial charge >= 0.3 is 0 Å². The van der Waals surface area contributed by atoms with Crippen LogP contribution < -0.4 is 5.32 Å². The van der Waals surface area contributed by atoms with E-state index in [0.717, 1.165) is 18.2 Å². The van der Waals surface area contributed by atoms with E-state index in [0.29, 0.717) is 0 Å². The minimum Gasteiger partial charge on any atom is -0.320 e. The van der Waals surface area contributed by atoms with Gasteiger partial charge in [-0.05, 0) is 6.07 Å². The number of nitro groups is 2. The lowest BCUT2D eigenvalue weighted by atomic mass is 9.95. The van der Waals surface area contributed by atoms with Crippen molar-refractivity contribution in [3.05, 3.63) is 38.4 Å². The lowest BCUT2D eigenvalue weighted by Gasteiger charge is -2.17. The maximum absolute atomic E-state index is 11.8. The molecule has 0 heterocycles. The van der Waals surface area contributed by atoms with Crippen LogP contribution in [0.3, 0.4) is 0 Å². The van der Waals surface area contributed by atoms with Gasteiger partial charge in [0.2, 0.25) is 5.91 Å². The molecule has 0 atom stereocenters. The van der Waals surface area contributed by atoms with Crippen LogP contribution in [0.25, 0.3) is 0 Å². The standard InChI is InChI=1S/C11H13N3O5/c1-11(2,3)10(15)12-8-5-4-7(13(16)17)6-9(8)14(18)19/h4-6H,1-3H3,(H,12,15). The van der Waals surface area contributed by atoms with E-state index in [1.165, 1.54) is 0 Å². The molecule has 19 heavy (non-hydrogen) atoms. The highest BCUT2D eigenvalue weighted by atomic mass is 16.6. The molecule has 0 saturated carbocycles. The van der Waals surface area contributed by atoms with Crippen LogP contribution >= 0.6 is 0 Å². The van der Waals surface area contributed by atoms with Crippen LogP contribution in [0.4, 0.5) is 17.1 Å². The van der Waals surface area contributed by atoms with Gasteiger partial charge in [-0.3, -0.25) is 25.0 Å². The summed E-state index contributed by atoms with van der Waals surface area (Å²) in [5, 5.41) is 23.8. The van der Waals surface area contributed by atoms with E-state index >= 15 is 0 Å². The number of nitrogens with one attached hydrogen (secondary N) is 1. The fourth-order valence-electron chi connectivity index (χ4n) is 1.20. The van der Waals surface area contributed by atoms with Crippen molar-refractivity contribution >= 4 is 23.0 Å². The molecule has 1 amide bonds. The van der Waals surface area contributed by atoms with Crippen LogP contribution in [0.5, 0.6) is 0 Å². The van der Waals surface area contributed by atoms with Crippen molar-refractivity contribution in [2.75, 3.05) is 5.32 Å². The summed E-state index contributed by atoms with van der Waals surface area (Å²) in [4.78, 5) is 31.7. The van der Waals surface area contributed by atoms with Crippen LogP contribution in [-0.4, -0.2) is 15.8 Å². The Morgan fingerprint density at radius 1 is 1.16 bits per heavy atom. The number of hydrogen-bond donors (Lipinski definition) is 1. The summed E-state index contributed by atoms with van der Waals surface area (Å²) in [5.74, 6) is -0.413. The fraction of sp³-hybridized carbons (Fsp3) is 0.364. The first kappa shape index (κ1) is 14.6. The average molecular weight is 267 g/mol. The topological polar surface area (TPSA) is 115 Å². The lowest BCUT2D eigenvalue weighted by Crippen LogP contribution is -2.27. The van der Waals surface area contributed by atoms with E-state index in [1.54, 1.807) is 20.8 Å². The largest absolute Gasteiger partial charge is 0.320 e. The second kappa shape index (κ2) is 5.01. The van der Waals surface area contributed by atoms with Crippen LogP contribution in [0.15, 0.2) is 18.2 Å². The van der Waals surface area contributed by atoms with Gasteiger partial charge in [-0.15, -0.1) is 0 Å². The Kier molecular flexibility index (Phi) is 3.83. The Morgan fingerprint density at radius 2 is 1.74 bits per heavy atom. The highest BCUT2D eigenvalue weighted by Crippen LogP contribution is 2.30. The highest BCUT2D eigenvalue weighted by molar-refractivity contribution is 5.96. The molecular formula is C11H13N3O5. The van der Waals surface area contributed by atoms with Crippen molar-refractivity contribution in [2.45, 2.75) is 20.8 Å². The smallest absolute Gasteiger partial charge is 0.299 e. The molecule has 0 bridgehead atoms. The quantitative estimate of drug-likeness (QED) is 0.667. The molecule has 0 saturated heterocycles. The van der Waals surface area contributed by atoms with Gasteiger partial charge in [0, 0.05) is 11.5 Å². The second-order valence-corrected chi connectivity index (χ2v) is 4.92. The summed E-state index contributed by atoms with van der Waals surface area (Å²) in [7, 11) is 0. The number of non-ortho nitro benzene ring substituents is 1. The molecule has 1 rings (SSSR count).